The lowest BCUT2D eigenvalue weighted by atomic mass is 10.2. The lowest BCUT2D eigenvalue weighted by Gasteiger charge is -1.97. The summed E-state index contributed by atoms with van der Waals surface area (Å²) in [6.07, 6.45) is 2.05. The molecule has 0 aliphatic carbocycles. The van der Waals surface area contributed by atoms with Crippen LogP contribution >= 0.6 is 0 Å². The fraction of sp³-hybridized carbons (Fsp3) is 0. The maximum absolute atomic E-state index is 13.0. The predicted octanol–water partition coefficient (Wildman–Crippen LogP) is 1.51. The van der Waals surface area contributed by atoms with Crippen LogP contribution in [0, 0.1) is 5.82 Å². The van der Waals surface area contributed by atoms with E-state index >= 15 is 0 Å². The predicted molar refractivity (Wildman–Crippen MR) is 47.5 cm³/mol. The SMILES string of the molecule is Nc1ccc(/C=C/C(=O)O)c(F)c1. The number of aliphatic carboxylic acids is 1. The largest absolute Gasteiger partial charge is 0.478 e. The smallest absolute Gasteiger partial charge is 0.328 e. The highest BCUT2D eigenvalue weighted by Crippen LogP contribution is 2.12. The van der Waals surface area contributed by atoms with E-state index in [2.05, 4.69) is 0 Å². The Balaban J connectivity index is 2.96. The Morgan fingerprint density at radius 1 is 1.54 bits per heavy atom. The normalized spacial score (nSPS) is 10.5. The Kier molecular flexibility index (Phi) is 2.64. The van der Waals surface area contributed by atoms with Crippen molar-refractivity contribution in [1.82, 2.24) is 0 Å². The van der Waals surface area contributed by atoms with E-state index in [1.54, 1.807) is 0 Å². The van der Waals surface area contributed by atoms with Gasteiger partial charge in [0, 0.05) is 17.3 Å². The van der Waals surface area contributed by atoms with Gasteiger partial charge in [0.05, 0.1) is 0 Å². The van der Waals surface area contributed by atoms with Crippen molar-refractivity contribution in [3.8, 4) is 0 Å². The summed E-state index contributed by atoms with van der Waals surface area (Å²) in [7, 11) is 0. The van der Waals surface area contributed by atoms with Gasteiger partial charge in [-0.2, -0.15) is 0 Å². The van der Waals surface area contributed by atoms with E-state index in [-0.39, 0.29) is 5.56 Å². The fourth-order valence-corrected chi connectivity index (χ4v) is 0.840. The van der Waals surface area contributed by atoms with Crippen LogP contribution in [0.3, 0.4) is 0 Å². The van der Waals surface area contributed by atoms with Gasteiger partial charge in [-0.1, -0.05) is 0 Å². The van der Waals surface area contributed by atoms with Crippen LogP contribution < -0.4 is 5.73 Å². The third-order valence-electron chi connectivity index (χ3n) is 1.43. The third kappa shape index (κ3) is 2.59. The number of carbonyl (C=O) groups is 1. The van der Waals surface area contributed by atoms with Crippen molar-refractivity contribution in [2.24, 2.45) is 0 Å². The first-order valence-electron chi connectivity index (χ1n) is 3.55. The van der Waals surface area contributed by atoms with Crippen LogP contribution in [0.1, 0.15) is 5.56 Å². The maximum atomic E-state index is 13.0. The van der Waals surface area contributed by atoms with Crippen LogP contribution in [-0.2, 0) is 4.79 Å². The second kappa shape index (κ2) is 3.71. The summed E-state index contributed by atoms with van der Waals surface area (Å²) in [6.45, 7) is 0. The third-order valence-corrected chi connectivity index (χ3v) is 1.43. The summed E-state index contributed by atoms with van der Waals surface area (Å²) < 4.78 is 13.0. The Bertz CT molecular complexity index is 361. The molecule has 0 aliphatic rings. The standard InChI is InChI=1S/C9H8FNO2/c10-8-5-7(11)3-1-6(8)2-4-9(12)13/h1-5H,11H2,(H,12,13)/b4-2+. The number of anilines is 1. The molecular formula is C9H8FNO2. The minimum atomic E-state index is -1.11. The van der Waals surface area contributed by atoms with Gasteiger partial charge in [0.1, 0.15) is 5.82 Å². The molecule has 0 unspecified atom stereocenters. The highest BCUT2D eigenvalue weighted by Gasteiger charge is 1.98. The van der Waals surface area contributed by atoms with E-state index in [1.807, 2.05) is 0 Å². The molecule has 1 aromatic carbocycles. The molecule has 1 rings (SSSR count). The van der Waals surface area contributed by atoms with Gasteiger partial charge >= 0.3 is 5.97 Å². The van der Waals surface area contributed by atoms with Gasteiger partial charge in [0.15, 0.2) is 0 Å². The number of rotatable bonds is 2. The van der Waals surface area contributed by atoms with Gasteiger partial charge < -0.3 is 10.8 Å². The van der Waals surface area contributed by atoms with Gasteiger partial charge in [-0.05, 0) is 24.3 Å². The molecule has 0 bridgehead atoms. The van der Waals surface area contributed by atoms with Crippen LogP contribution in [0.25, 0.3) is 6.08 Å². The highest BCUT2D eigenvalue weighted by atomic mass is 19.1. The lowest BCUT2D eigenvalue weighted by Crippen LogP contribution is -1.90. The van der Waals surface area contributed by atoms with Crippen molar-refractivity contribution in [2.75, 3.05) is 5.73 Å². The summed E-state index contributed by atoms with van der Waals surface area (Å²) >= 11 is 0. The summed E-state index contributed by atoms with van der Waals surface area (Å²) in [5, 5.41) is 8.29. The molecule has 13 heavy (non-hydrogen) atoms. The minimum Gasteiger partial charge on any atom is -0.478 e. The molecule has 0 fully saturated rings. The topological polar surface area (TPSA) is 63.3 Å². The summed E-state index contributed by atoms with van der Waals surface area (Å²) in [5.74, 6) is -1.64. The van der Waals surface area contributed by atoms with Crippen molar-refractivity contribution in [1.29, 1.82) is 0 Å². The number of benzene rings is 1. The lowest BCUT2D eigenvalue weighted by molar-refractivity contribution is -0.131. The van der Waals surface area contributed by atoms with Crippen LogP contribution in [0.2, 0.25) is 0 Å². The molecule has 68 valence electrons. The Morgan fingerprint density at radius 2 is 2.23 bits per heavy atom. The van der Waals surface area contributed by atoms with E-state index in [0.717, 1.165) is 12.1 Å². The highest BCUT2D eigenvalue weighted by molar-refractivity contribution is 5.85. The van der Waals surface area contributed by atoms with Gasteiger partial charge in [-0.15, -0.1) is 0 Å². The molecule has 0 heterocycles. The molecule has 0 aromatic heterocycles. The zero-order chi connectivity index (χ0) is 9.84. The van der Waals surface area contributed by atoms with E-state index in [4.69, 9.17) is 10.8 Å². The second-order valence-electron chi connectivity index (χ2n) is 2.45. The van der Waals surface area contributed by atoms with E-state index in [0.29, 0.717) is 5.69 Å². The summed E-state index contributed by atoms with van der Waals surface area (Å²) in [5.41, 5.74) is 5.82. The number of hydrogen-bond acceptors (Lipinski definition) is 2. The molecule has 0 spiro atoms. The van der Waals surface area contributed by atoms with Crippen LogP contribution in [0.4, 0.5) is 10.1 Å². The first-order valence-corrected chi connectivity index (χ1v) is 3.55. The number of carboxylic acids is 1. The van der Waals surface area contributed by atoms with Crippen LogP contribution in [0.15, 0.2) is 24.3 Å². The van der Waals surface area contributed by atoms with Gasteiger partial charge in [-0.25, -0.2) is 9.18 Å². The minimum absolute atomic E-state index is 0.205. The zero-order valence-corrected chi connectivity index (χ0v) is 6.70. The molecule has 1 aromatic rings. The molecular weight excluding hydrogens is 173 g/mol. The quantitative estimate of drug-likeness (QED) is 0.536. The van der Waals surface area contributed by atoms with Crippen LogP contribution in [-0.4, -0.2) is 11.1 Å². The monoisotopic (exact) mass is 181 g/mol. The second-order valence-corrected chi connectivity index (χ2v) is 2.45. The number of hydrogen-bond donors (Lipinski definition) is 2. The summed E-state index contributed by atoms with van der Waals surface area (Å²) in [6, 6.07) is 4.07. The van der Waals surface area contributed by atoms with Crippen LogP contribution in [0.5, 0.6) is 0 Å². The average Bonchev–Trinajstić information content (AvgIpc) is 2.02. The number of nitrogen functional groups attached to an aromatic ring is 1. The molecule has 3 N–H and O–H groups in total. The first-order chi connectivity index (χ1) is 6.09. The Hall–Kier alpha value is -1.84. The molecule has 0 radical (unpaired) electrons. The summed E-state index contributed by atoms with van der Waals surface area (Å²) in [4.78, 5) is 10.1. The molecule has 0 amide bonds. The van der Waals surface area contributed by atoms with E-state index in [9.17, 15) is 9.18 Å². The zero-order valence-electron chi connectivity index (χ0n) is 6.70. The number of halogens is 1. The van der Waals surface area contributed by atoms with Crippen molar-refractivity contribution >= 4 is 17.7 Å². The van der Waals surface area contributed by atoms with Crippen molar-refractivity contribution < 1.29 is 14.3 Å². The molecule has 0 aliphatic heterocycles. The molecule has 4 heteroatoms. The number of carboxylic acid groups (broad SMARTS) is 1. The molecule has 0 saturated heterocycles. The fourth-order valence-electron chi connectivity index (χ4n) is 0.840. The molecule has 3 nitrogen and oxygen atoms in total. The van der Waals surface area contributed by atoms with Gasteiger partial charge in [0.25, 0.3) is 0 Å². The number of nitrogens with two attached hydrogens (primary N) is 1. The van der Waals surface area contributed by atoms with E-state index in [1.165, 1.54) is 18.2 Å². The van der Waals surface area contributed by atoms with Crippen molar-refractivity contribution in [3.05, 3.63) is 35.7 Å². The maximum Gasteiger partial charge on any atom is 0.328 e. The van der Waals surface area contributed by atoms with Gasteiger partial charge in [-0.3, -0.25) is 0 Å². The average molecular weight is 181 g/mol. The van der Waals surface area contributed by atoms with E-state index < -0.39 is 11.8 Å². The molecule has 0 atom stereocenters. The Labute approximate surface area is 74.3 Å². The van der Waals surface area contributed by atoms with Crippen molar-refractivity contribution in [3.63, 3.8) is 0 Å². The molecule has 0 saturated carbocycles. The Morgan fingerprint density at radius 3 is 2.77 bits per heavy atom. The first kappa shape index (κ1) is 9.25. The van der Waals surface area contributed by atoms with Gasteiger partial charge in [0.2, 0.25) is 0 Å². The van der Waals surface area contributed by atoms with Crippen molar-refractivity contribution in [2.45, 2.75) is 0 Å².